The smallest absolute Gasteiger partial charge is 0.143 e. The van der Waals surface area contributed by atoms with E-state index in [0.717, 1.165) is 12.3 Å². The molecule has 2 rings (SSSR count). The van der Waals surface area contributed by atoms with Gasteiger partial charge in [-0.3, -0.25) is 0 Å². The molecule has 15 heavy (non-hydrogen) atoms. The number of rotatable bonds is 2. The van der Waals surface area contributed by atoms with E-state index in [2.05, 4.69) is 17.9 Å². The lowest BCUT2D eigenvalue weighted by molar-refractivity contribution is 0.417. The fourth-order valence-corrected chi connectivity index (χ4v) is 2.20. The van der Waals surface area contributed by atoms with Crippen molar-refractivity contribution in [2.24, 2.45) is 0 Å². The third-order valence-electron chi connectivity index (χ3n) is 3.10. The molecule has 1 atom stereocenters. The van der Waals surface area contributed by atoms with Gasteiger partial charge in [0.15, 0.2) is 0 Å². The van der Waals surface area contributed by atoms with Crippen molar-refractivity contribution in [3.8, 4) is 5.75 Å². The first-order valence-corrected chi connectivity index (χ1v) is 5.42. The second-order valence-corrected chi connectivity index (χ2v) is 4.11. The Morgan fingerprint density at radius 3 is 2.87 bits per heavy atom. The van der Waals surface area contributed by atoms with Crippen LogP contribution < -0.4 is 15.4 Å². The standard InChI is InChI=1S/C12H18N2O/c1-9-4-3-7-14(9)10-5-6-11(13)12(8-10)15-2/h5-6,8-9H,3-4,7,13H2,1-2H3/t9-/m0/s1. The number of nitrogen functional groups attached to an aromatic ring is 1. The van der Waals surface area contributed by atoms with Crippen LogP contribution in [0.4, 0.5) is 11.4 Å². The molecule has 0 saturated carbocycles. The highest BCUT2D eigenvalue weighted by Gasteiger charge is 2.20. The minimum absolute atomic E-state index is 0.623. The van der Waals surface area contributed by atoms with Crippen molar-refractivity contribution in [1.82, 2.24) is 0 Å². The highest BCUT2D eigenvalue weighted by molar-refractivity contribution is 5.62. The van der Waals surface area contributed by atoms with E-state index in [4.69, 9.17) is 10.5 Å². The highest BCUT2D eigenvalue weighted by atomic mass is 16.5. The van der Waals surface area contributed by atoms with Crippen molar-refractivity contribution >= 4 is 11.4 Å². The van der Waals surface area contributed by atoms with E-state index in [1.54, 1.807) is 7.11 Å². The number of hydrogen-bond acceptors (Lipinski definition) is 3. The van der Waals surface area contributed by atoms with Crippen LogP contribution in [0.5, 0.6) is 5.75 Å². The summed E-state index contributed by atoms with van der Waals surface area (Å²) in [4.78, 5) is 2.40. The fourth-order valence-electron chi connectivity index (χ4n) is 2.20. The Balaban J connectivity index is 2.28. The van der Waals surface area contributed by atoms with Gasteiger partial charge in [-0.15, -0.1) is 0 Å². The summed E-state index contributed by atoms with van der Waals surface area (Å²) in [6.07, 6.45) is 2.54. The van der Waals surface area contributed by atoms with Crippen LogP contribution in [0.1, 0.15) is 19.8 Å². The molecule has 1 aliphatic rings. The average molecular weight is 206 g/mol. The lowest BCUT2D eigenvalue weighted by atomic mass is 10.2. The number of ether oxygens (including phenoxy) is 1. The molecule has 0 amide bonds. The van der Waals surface area contributed by atoms with Crippen molar-refractivity contribution in [1.29, 1.82) is 0 Å². The zero-order valence-electron chi connectivity index (χ0n) is 9.36. The maximum atomic E-state index is 5.79. The molecule has 0 aromatic heterocycles. The quantitative estimate of drug-likeness (QED) is 0.754. The van der Waals surface area contributed by atoms with Gasteiger partial charge in [-0.1, -0.05) is 0 Å². The SMILES string of the molecule is COc1cc(N2CCC[C@@H]2C)ccc1N. The van der Waals surface area contributed by atoms with Gasteiger partial charge in [0.05, 0.1) is 12.8 Å². The van der Waals surface area contributed by atoms with Gasteiger partial charge < -0.3 is 15.4 Å². The topological polar surface area (TPSA) is 38.5 Å². The summed E-state index contributed by atoms with van der Waals surface area (Å²) in [7, 11) is 1.66. The van der Waals surface area contributed by atoms with Crippen molar-refractivity contribution < 1.29 is 4.74 Å². The van der Waals surface area contributed by atoms with Gasteiger partial charge in [-0.05, 0) is 31.9 Å². The third-order valence-corrected chi connectivity index (χ3v) is 3.10. The maximum Gasteiger partial charge on any atom is 0.143 e. The zero-order valence-corrected chi connectivity index (χ0v) is 9.36. The van der Waals surface area contributed by atoms with E-state index in [0.29, 0.717) is 11.7 Å². The monoisotopic (exact) mass is 206 g/mol. The van der Waals surface area contributed by atoms with Gasteiger partial charge in [0, 0.05) is 24.3 Å². The highest BCUT2D eigenvalue weighted by Crippen LogP contribution is 2.31. The van der Waals surface area contributed by atoms with Gasteiger partial charge in [0.2, 0.25) is 0 Å². The summed E-state index contributed by atoms with van der Waals surface area (Å²) in [5.41, 5.74) is 7.71. The molecule has 0 unspecified atom stereocenters. The van der Waals surface area contributed by atoms with E-state index in [1.807, 2.05) is 12.1 Å². The molecule has 0 radical (unpaired) electrons. The molecule has 1 fully saturated rings. The van der Waals surface area contributed by atoms with Crippen LogP contribution in [0.25, 0.3) is 0 Å². The molecular formula is C12H18N2O. The van der Waals surface area contributed by atoms with Crippen LogP contribution in [0, 0.1) is 0 Å². The minimum atomic E-state index is 0.623. The number of hydrogen-bond donors (Lipinski definition) is 1. The molecule has 0 spiro atoms. The summed E-state index contributed by atoms with van der Waals surface area (Å²) in [5, 5.41) is 0. The van der Waals surface area contributed by atoms with E-state index in [-0.39, 0.29) is 0 Å². The molecule has 1 aliphatic heterocycles. The molecule has 0 aliphatic carbocycles. The second kappa shape index (κ2) is 4.01. The number of methoxy groups -OCH3 is 1. The molecule has 1 aromatic carbocycles. The van der Waals surface area contributed by atoms with Crippen molar-refractivity contribution in [3.05, 3.63) is 18.2 Å². The molecule has 1 saturated heterocycles. The van der Waals surface area contributed by atoms with E-state index < -0.39 is 0 Å². The van der Waals surface area contributed by atoms with Gasteiger partial charge in [0.25, 0.3) is 0 Å². The Hall–Kier alpha value is -1.38. The van der Waals surface area contributed by atoms with E-state index in [1.165, 1.54) is 18.5 Å². The van der Waals surface area contributed by atoms with Crippen LogP contribution in [0.3, 0.4) is 0 Å². The van der Waals surface area contributed by atoms with Crippen LogP contribution in [0.2, 0.25) is 0 Å². The molecule has 3 heteroatoms. The summed E-state index contributed by atoms with van der Waals surface area (Å²) < 4.78 is 5.23. The zero-order chi connectivity index (χ0) is 10.8. The lowest BCUT2D eigenvalue weighted by Gasteiger charge is -2.24. The molecule has 0 bridgehead atoms. The van der Waals surface area contributed by atoms with E-state index >= 15 is 0 Å². The third kappa shape index (κ3) is 1.87. The Kier molecular flexibility index (Phi) is 2.71. The minimum Gasteiger partial charge on any atom is -0.495 e. The van der Waals surface area contributed by atoms with Crippen LogP contribution >= 0.6 is 0 Å². The summed E-state index contributed by atoms with van der Waals surface area (Å²) in [5.74, 6) is 0.770. The first kappa shape index (κ1) is 10.1. The van der Waals surface area contributed by atoms with Crippen molar-refractivity contribution in [2.75, 3.05) is 24.3 Å². The van der Waals surface area contributed by atoms with Gasteiger partial charge in [-0.2, -0.15) is 0 Å². The molecule has 2 N–H and O–H groups in total. The first-order valence-electron chi connectivity index (χ1n) is 5.42. The van der Waals surface area contributed by atoms with Crippen LogP contribution in [-0.4, -0.2) is 19.7 Å². The van der Waals surface area contributed by atoms with Gasteiger partial charge >= 0.3 is 0 Å². The van der Waals surface area contributed by atoms with E-state index in [9.17, 15) is 0 Å². The lowest BCUT2D eigenvalue weighted by Crippen LogP contribution is -2.26. The largest absolute Gasteiger partial charge is 0.495 e. The van der Waals surface area contributed by atoms with Gasteiger partial charge in [0.1, 0.15) is 5.75 Å². The molecule has 1 heterocycles. The van der Waals surface area contributed by atoms with Crippen LogP contribution in [-0.2, 0) is 0 Å². The number of anilines is 2. The summed E-state index contributed by atoms with van der Waals surface area (Å²) in [6, 6.07) is 6.63. The van der Waals surface area contributed by atoms with Crippen LogP contribution in [0.15, 0.2) is 18.2 Å². The fraction of sp³-hybridized carbons (Fsp3) is 0.500. The normalized spacial score (nSPS) is 20.7. The van der Waals surface area contributed by atoms with Crippen molar-refractivity contribution in [2.45, 2.75) is 25.8 Å². The average Bonchev–Trinajstić information content (AvgIpc) is 2.65. The van der Waals surface area contributed by atoms with Gasteiger partial charge in [-0.25, -0.2) is 0 Å². The number of nitrogens with two attached hydrogens (primary N) is 1. The molecule has 3 nitrogen and oxygen atoms in total. The predicted octanol–water partition coefficient (Wildman–Crippen LogP) is 2.27. The Labute approximate surface area is 90.8 Å². The summed E-state index contributed by atoms with van der Waals surface area (Å²) in [6.45, 7) is 3.39. The maximum absolute atomic E-state index is 5.79. The number of benzene rings is 1. The Morgan fingerprint density at radius 1 is 1.47 bits per heavy atom. The van der Waals surface area contributed by atoms with Crippen molar-refractivity contribution in [3.63, 3.8) is 0 Å². The molecule has 82 valence electrons. The molecule has 1 aromatic rings. The summed E-state index contributed by atoms with van der Waals surface area (Å²) >= 11 is 0. The predicted molar refractivity (Wildman–Crippen MR) is 63.4 cm³/mol. The Bertz CT molecular complexity index is 351. The molecular weight excluding hydrogens is 188 g/mol. The second-order valence-electron chi connectivity index (χ2n) is 4.11. The first-order chi connectivity index (χ1) is 7.22. The Morgan fingerprint density at radius 2 is 2.27 bits per heavy atom. The number of nitrogens with zero attached hydrogens (tertiary/aromatic N) is 1.